The van der Waals surface area contributed by atoms with Gasteiger partial charge in [-0.15, -0.1) is 0 Å². The summed E-state index contributed by atoms with van der Waals surface area (Å²) in [5, 5.41) is 8.89. The minimum atomic E-state index is -0.414. The van der Waals surface area contributed by atoms with Gasteiger partial charge in [0.05, 0.1) is 41.5 Å². The van der Waals surface area contributed by atoms with Crippen molar-refractivity contribution in [2.75, 3.05) is 36.9 Å². The zero-order valence-electron chi connectivity index (χ0n) is 17.5. The van der Waals surface area contributed by atoms with Gasteiger partial charge in [0.25, 0.3) is 5.56 Å². The molecule has 8 nitrogen and oxygen atoms in total. The smallest absolute Gasteiger partial charge is 0.272 e. The first-order valence-electron chi connectivity index (χ1n) is 10.7. The van der Waals surface area contributed by atoms with Crippen molar-refractivity contribution in [2.45, 2.75) is 0 Å². The summed E-state index contributed by atoms with van der Waals surface area (Å²) >= 11 is 0. The minimum Gasteiger partial charge on any atom is -0.394 e. The van der Waals surface area contributed by atoms with Crippen LogP contribution in [-0.2, 0) is 4.74 Å². The molecule has 0 radical (unpaired) electrons. The van der Waals surface area contributed by atoms with E-state index in [-0.39, 0.29) is 16.6 Å². The van der Waals surface area contributed by atoms with Crippen LogP contribution in [0.2, 0.25) is 0 Å². The highest BCUT2D eigenvalue weighted by Crippen LogP contribution is 2.45. The van der Waals surface area contributed by atoms with Crippen molar-refractivity contribution in [2.24, 2.45) is 5.41 Å². The fourth-order valence-corrected chi connectivity index (χ4v) is 5.26. The Morgan fingerprint density at radius 2 is 1.97 bits per heavy atom. The third kappa shape index (κ3) is 2.45. The molecule has 5 aromatic rings. The average Bonchev–Trinajstić information content (AvgIpc) is 3.25. The van der Waals surface area contributed by atoms with Gasteiger partial charge in [0.1, 0.15) is 17.0 Å². The van der Waals surface area contributed by atoms with Gasteiger partial charge in [-0.05, 0) is 29.8 Å². The maximum absolute atomic E-state index is 14.4. The van der Waals surface area contributed by atoms with E-state index in [1.54, 1.807) is 18.5 Å². The number of nitrogen functional groups attached to an aromatic ring is 1. The number of ether oxygens (including phenoxy) is 1. The molecular weight excluding hydrogens is 423 g/mol. The Balaban J connectivity index is 1.57. The van der Waals surface area contributed by atoms with E-state index in [1.807, 2.05) is 18.2 Å². The molecule has 2 aliphatic rings. The number of H-pyrrole nitrogens is 2. The molecule has 2 saturated heterocycles. The molecule has 0 bridgehead atoms. The predicted octanol–water partition coefficient (Wildman–Crippen LogP) is 3.18. The molecule has 0 amide bonds. The lowest BCUT2D eigenvalue weighted by molar-refractivity contribution is -0.126. The number of fused-ring (bicyclic) bond motifs is 4. The summed E-state index contributed by atoms with van der Waals surface area (Å²) < 4.78 is 19.8. The number of pyridine rings is 2. The van der Waals surface area contributed by atoms with E-state index in [0.717, 1.165) is 48.3 Å². The highest BCUT2D eigenvalue weighted by Gasteiger charge is 2.49. The van der Waals surface area contributed by atoms with Crippen molar-refractivity contribution in [1.82, 2.24) is 20.2 Å². The molecule has 164 valence electrons. The van der Waals surface area contributed by atoms with Crippen molar-refractivity contribution in [3.63, 3.8) is 0 Å². The quantitative estimate of drug-likeness (QED) is 0.362. The Bertz CT molecular complexity index is 1660. The third-order valence-electron chi connectivity index (χ3n) is 6.94. The van der Waals surface area contributed by atoms with Crippen LogP contribution in [0.25, 0.3) is 43.8 Å². The van der Waals surface area contributed by atoms with Gasteiger partial charge >= 0.3 is 0 Å². The number of nitrogens with two attached hydrogens (primary N) is 1. The van der Waals surface area contributed by atoms with Crippen molar-refractivity contribution in [3.8, 4) is 11.1 Å². The number of aromatic nitrogens is 4. The molecule has 5 heterocycles. The summed E-state index contributed by atoms with van der Waals surface area (Å²) in [6.45, 7) is 3.34. The van der Waals surface area contributed by atoms with Crippen LogP contribution in [0.5, 0.6) is 0 Å². The lowest BCUT2D eigenvalue weighted by Gasteiger charge is -2.56. The van der Waals surface area contributed by atoms with Crippen molar-refractivity contribution >= 4 is 44.1 Å². The molecule has 2 fully saturated rings. The second-order valence-corrected chi connectivity index (χ2v) is 9.06. The van der Waals surface area contributed by atoms with E-state index < -0.39 is 11.4 Å². The van der Waals surface area contributed by atoms with E-state index in [1.165, 1.54) is 6.07 Å². The maximum Gasteiger partial charge on any atom is 0.272 e. The summed E-state index contributed by atoms with van der Waals surface area (Å²) in [5.41, 5.74) is 10.2. The Morgan fingerprint density at radius 1 is 1.12 bits per heavy atom. The van der Waals surface area contributed by atoms with Crippen LogP contribution in [0.15, 0.2) is 47.5 Å². The molecule has 0 saturated carbocycles. The van der Waals surface area contributed by atoms with Crippen molar-refractivity contribution in [3.05, 3.63) is 58.9 Å². The Morgan fingerprint density at radius 3 is 2.76 bits per heavy atom. The Labute approximate surface area is 186 Å². The molecule has 7 rings (SSSR count). The molecule has 2 aliphatic heterocycles. The minimum absolute atomic E-state index is 0.0817. The van der Waals surface area contributed by atoms with Crippen LogP contribution in [0.1, 0.15) is 0 Å². The first kappa shape index (κ1) is 18.6. The Kier molecular flexibility index (Phi) is 3.54. The van der Waals surface area contributed by atoms with Gasteiger partial charge in [-0.2, -0.15) is 5.10 Å². The molecule has 33 heavy (non-hydrogen) atoms. The molecule has 4 N–H and O–H groups in total. The van der Waals surface area contributed by atoms with Crippen LogP contribution in [0, 0.1) is 11.2 Å². The van der Waals surface area contributed by atoms with Gasteiger partial charge in [-0.25, -0.2) is 4.39 Å². The van der Waals surface area contributed by atoms with E-state index in [9.17, 15) is 9.18 Å². The lowest BCUT2D eigenvalue weighted by Crippen LogP contribution is -2.66. The van der Waals surface area contributed by atoms with E-state index in [2.05, 4.69) is 25.1 Å². The molecule has 9 heteroatoms. The average molecular weight is 442 g/mol. The van der Waals surface area contributed by atoms with Crippen LogP contribution in [0.4, 0.5) is 15.8 Å². The monoisotopic (exact) mass is 442 g/mol. The number of rotatable bonds is 2. The molecule has 2 aromatic carbocycles. The second kappa shape index (κ2) is 6.29. The fraction of sp³-hybridized carbons (Fsp3) is 0.208. The molecule has 1 spiro atoms. The van der Waals surface area contributed by atoms with Gasteiger partial charge in [0, 0.05) is 41.0 Å². The fourth-order valence-electron chi connectivity index (χ4n) is 5.26. The summed E-state index contributed by atoms with van der Waals surface area (Å²) in [4.78, 5) is 22.8. The van der Waals surface area contributed by atoms with Crippen LogP contribution < -0.4 is 16.2 Å². The first-order chi connectivity index (χ1) is 16.0. The van der Waals surface area contributed by atoms with Crippen LogP contribution in [-0.4, -0.2) is 46.5 Å². The zero-order valence-corrected chi connectivity index (χ0v) is 17.5. The molecule has 0 atom stereocenters. The van der Waals surface area contributed by atoms with Gasteiger partial charge in [-0.1, -0.05) is 6.07 Å². The standard InChI is InChI=1S/C24H19FN6O2/c25-16-4-3-12(15-7-28-30-21(15)16)18-14-6-17(31-8-24(9-31)10-33-11-24)22-13(2-1-5-27-22)20(14)29-23(32)19(18)26/h1-7H,8-11,26H2,(H,28,30)(H,29,32). The van der Waals surface area contributed by atoms with Crippen LogP contribution in [0.3, 0.4) is 0 Å². The first-order valence-corrected chi connectivity index (χ1v) is 10.7. The number of nitrogens with one attached hydrogen (secondary N) is 2. The van der Waals surface area contributed by atoms with E-state index >= 15 is 0 Å². The van der Waals surface area contributed by atoms with Gasteiger partial charge < -0.3 is 20.4 Å². The van der Waals surface area contributed by atoms with Crippen molar-refractivity contribution in [1.29, 1.82) is 0 Å². The van der Waals surface area contributed by atoms with Gasteiger partial charge in [0.15, 0.2) is 0 Å². The summed E-state index contributed by atoms with van der Waals surface area (Å²) in [6, 6.07) is 8.85. The summed E-state index contributed by atoms with van der Waals surface area (Å²) in [7, 11) is 0. The summed E-state index contributed by atoms with van der Waals surface area (Å²) in [5.74, 6) is -0.414. The highest BCUT2D eigenvalue weighted by molar-refractivity contribution is 6.17. The largest absolute Gasteiger partial charge is 0.394 e. The number of aromatic amines is 2. The zero-order chi connectivity index (χ0) is 22.3. The molecule has 3 aromatic heterocycles. The Hall–Kier alpha value is -3.98. The van der Waals surface area contributed by atoms with E-state index in [4.69, 9.17) is 10.5 Å². The van der Waals surface area contributed by atoms with Crippen LogP contribution >= 0.6 is 0 Å². The number of hydrogen-bond acceptors (Lipinski definition) is 6. The van der Waals surface area contributed by atoms with E-state index in [0.29, 0.717) is 22.0 Å². The normalized spacial score (nSPS) is 17.1. The maximum atomic E-state index is 14.4. The summed E-state index contributed by atoms with van der Waals surface area (Å²) in [6.07, 6.45) is 3.31. The molecule has 0 unspecified atom stereocenters. The number of halogens is 1. The third-order valence-corrected chi connectivity index (χ3v) is 6.94. The topological polar surface area (TPSA) is 113 Å². The highest BCUT2D eigenvalue weighted by atomic mass is 19.1. The SMILES string of the molecule is Nc1c(-c2ccc(F)c3[nH]ncc23)c2cc(N3CC4(COC4)C3)c3ncccc3c2[nH]c1=O. The lowest BCUT2D eigenvalue weighted by atomic mass is 9.77. The molecular formula is C24H19FN6O2. The molecule has 0 aliphatic carbocycles. The van der Waals surface area contributed by atoms with Crippen molar-refractivity contribution < 1.29 is 9.13 Å². The van der Waals surface area contributed by atoms with Gasteiger partial charge in [0.2, 0.25) is 0 Å². The second-order valence-electron chi connectivity index (χ2n) is 9.06. The predicted molar refractivity (Wildman–Crippen MR) is 125 cm³/mol. The number of hydrogen-bond donors (Lipinski definition) is 3. The number of nitrogens with zero attached hydrogens (tertiary/aromatic N) is 3. The number of benzene rings is 2. The van der Waals surface area contributed by atoms with Gasteiger partial charge in [-0.3, -0.25) is 14.9 Å². The number of anilines is 2.